The summed E-state index contributed by atoms with van der Waals surface area (Å²) < 4.78 is 0. The minimum Gasteiger partial charge on any atom is -0.328 e. The Morgan fingerprint density at radius 3 is 2.81 bits per heavy atom. The Bertz CT molecular complexity index is 523. The van der Waals surface area contributed by atoms with Crippen LogP contribution in [0.1, 0.15) is 18.3 Å². The number of nitrogens with two attached hydrogens (primary N) is 1. The maximum Gasteiger partial charge on any atom is 0.140 e. The molecule has 2 N–H and O–H groups in total. The van der Waals surface area contributed by atoms with E-state index in [2.05, 4.69) is 9.97 Å². The van der Waals surface area contributed by atoms with E-state index in [1.54, 1.807) is 0 Å². The molecule has 2 rings (SSSR count). The van der Waals surface area contributed by atoms with Crippen molar-refractivity contribution in [3.63, 3.8) is 0 Å². The molecule has 0 aliphatic heterocycles. The lowest BCUT2D eigenvalue weighted by atomic mass is 10.1. The van der Waals surface area contributed by atoms with Crippen molar-refractivity contribution < 1.29 is 0 Å². The molecule has 0 aliphatic carbocycles. The Labute approximate surface area is 99.7 Å². The highest BCUT2D eigenvalue weighted by Crippen LogP contribution is 2.21. The maximum atomic E-state index is 6.13. The highest BCUT2D eigenvalue weighted by atomic mass is 35.5. The van der Waals surface area contributed by atoms with Gasteiger partial charge in [0.1, 0.15) is 11.0 Å². The molecule has 16 heavy (non-hydrogen) atoms. The molecule has 3 nitrogen and oxygen atoms in total. The van der Waals surface area contributed by atoms with E-state index in [-0.39, 0.29) is 6.04 Å². The Kier molecular flexibility index (Phi) is 3.08. The topological polar surface area (TPSA) is 51.8 Å². The average Bonchev–Trinajstić information content (AvgIpc) is 2.18. The molecule has 0 bridgehead atoms. The maximum absolute atomic E-state index is 6.13. The minimum atomic E-state index is 0.0407. The number of aryl methyl sites for hydroxylation is 1. The molecule has 1 atom stereocenters. The van der Waals surface area contributed by atoms with Gasteiger partial charge in [-0.05, 0) is 26.0 Å². The second-order valence-corrected chi connectivity index (χ2v) is 4.49. The van der Waals surface area contributed by atoms with E-state index in [9.17, 15) is 0 Å². The van der Waals surface area contributed by atoms with Gasteiger partial charge in [0.05, 0.1) is 5.52 Å². The lowest BCUT2D eigenvalue weighted by Crippen LogP contribution is -2.19. The Morgan fingerprint density at radius 2 is 2.12 bits per heavy atom. The van der Waals surface area contributed by atoms with E-state index >= 15 is 0 Å². The molecule has 0 amide bonds. The van der Waals surface area contributed by atoms with E-state index in [1.165, 1.54) is 0 Å². The van der Waals surface area contributed by atoms with Crippen molar-refractivity contribution in [2.24, 2.45) is 5.73 Å². The SMILES string of the molecule is Cc1ccc2nc(CC(C)N)nc(Cl)c2c1. The number of rotatable bonds is 2. The van der Waals surface area contributed by atoms with Crippen molar-refractivity contribution in [2.45, 2.75) is 26.3 Å². The first kappa shape index (κ1) is 11.3. The van der Waals surface area contributed by atoms with Crippen LogP contribution < -0.4 is 5.73 Å². The van der Waals surface area contributed by atoms with Gasteiger partial charge in [-0.25, -0.2) is 9.97 Å². The fraction of sp³-hybridized carbons (Fsp3) is 0.333. The summed E-state index contributed by atoms with van der Waals surface area (Å²) in [6.07, 6.45) is 0.642. The average molecular weight is 236 g/mol. The van der Waals surface area contributed by atoms with Crippen LogP contribution in [-0.4, -0.2) is 16.0 Å². The van der Waals surface area contributed by atoms with Gasteiger partial charge in [-0.15, -0.1) is 0 Å². The first-order chi connectivity index (χ1) is 7.56. The minimum absolute atomic E-state index is 0.0407. The molecule has 1 unspecified atom stereocenters. The molecule has 2 aromatic rings. The largest absolute Gasteiger partial charge is 0.328 e. The van der Waals surface area contributed by atoms with E-state index in [1.807, 2.05) is 32.0 Å². The third kappa shape index (κ3) is 2.31. The van der Waals surface area contributed by atoms with Crippen molar-refractivity contribution >= 4 is 22.5 Å². The van der Waals surface area contributed by atoms with Crippen molar-refractivity contribution in [1.29, 1.82) is 0 Å². The van der Waals surface area contributed by atoms with Crippen LogP contribution in [0.2, 0.25) is 5.15 Å². The molecule has 0 aliphatic rings. The van der Waals surface area contributed by atoms with Crippen LogP contribution >= 0.6 is 11.6 Å². The van der Waals surface area contributed by atoms with Crippen LogP contribution in [0.15, 0.2) is 18.2 Å². The normalized spacial score (nSPS) is 13.0. The molecule has 1 heterocycles. The summed E-state index contributed by atoms with van der Waals surface area (Å²) in [5, 5.41) is 1.40. The van der Waals surface area contributed by atoms with Gasteiger partial charge in [-0.3, -0.25) is 0 Å². The van der Waals surface area contributed by atoms with Crippen LogP contribution in [0, 0.1) is 6.92 Å². The zero-order valence-electron chi connectivity index (χ0n) is 9.37. The number of fused-ring (bicyclic) bond motifs is 1. The van der Waals surface area contributed by atoms with Gasteiger partial charge in [0, 0.05) is 17.8 Å². The van der Waals surface area contributed by atoms with Gasteiger partial charge < -0.3 is 5.73 Å². The number of nitrogens with zero attached hydrogens (tertiary/aromatic N) is 2. The second kappa shape index (κ2) is 4.36. The Balaban J connectivity index is 2.55. The van der Waals surface area contributed by atoms with Crippen LogP contribution in [-0.2, 0) is 6.42 Å². The summed E-state index contributed by atoms with van der Waals surface area (Å²) in [5.41, 5.74) is 7.75. The van der Waals surface area contributed by atoms with Crippen LogP contribution in [0.25, 0.3) is 10.9 Å². The van der Waals surface area contributed by atoms with Gasteiger partial charge in [-0.1, -0.05) is 23.2 Å². The van der Waals surface area contributed by atoms with E-state index in [0.717, 1.165) is 16.5 Å². The molecule has 0 spiro atoms. The molecular weight excluding hydrogens is 222 g/mol. The lowest BCUT2D eigenvalue weighted by molar-refractivity contribution is 0.705. The highest BCUT2D eigenvalue weighted by Gasteiger charge is 2.07. The quantitative estimate of drug-likeness (QED) is 0.814. The van der Waals surface area contributed by atoms with Gasteiger partial charge >= 0.3 is 0 Å². The summed E-state index contributed by atoms with van der Waals surface area (Å²) in [6.45, 7) is 3.95. The van der Waals surface area contributed by atoms with Crippen LogP contribution in [0.3, 0.4) is 0 Å². The monoisotopic (exact) mass is 235 g/mol. The smallest absolute Gasteiger partial charge is 0.140 e. The van der Waals surface area contributed by atoms with Crippen molar-refractivity contribution in [1.82, 2.24) is 9.97 Å². The third-order valence-electron chi connectivity index (χ3n) is 2.36. The standard InChI is InChI=1S/C12H14ClN3/c1-7-3-4-10-9(5-7)12(13)16-11(15-10)6-8(2)14/h3-5,8H,6,14H2,1-2H3. The number of benzene rings is 1. The van der Waals surface area contributed by atoms with Gasteiger partial charge in [0.2, 0.25) is 0 Å². The van der Waals surface area contributed by atoms with E-state index in [0.29, 0.717) is 17.4 Å². The predicted octanol–water partition coefficient (Wildman–Crippen LogP) is 2.48. The fourth-order valence-electron chi connectivity index (χ4n) is 1.63. The van der Waals surface area contributed by atoms with E-state index in [4.69, 9.17) is 17.3 Å². The van der Waals surface area contributed by atoms with Crippen LogP contribution in [0.4, 0.5) is 0 Å². The molecular formula is C12H14ClN3. The summed E-state index contributed by atoms with van der Waals surface area (Å²) in [4.78, 5) is 8.70. The molecule has 0 saturated carbocycles. The zero-order chi connectivity index (χ0) is 11.7. The number of halogens is 1. The zero-order valence-corrected chi connectivity index (χ0v) is 10.1. The molecule has 4 heteroatoms. The molecule has 0 saturated heterocycles. The van der Waals surface area contributed by atoms with E-state index < -0.39 is 0 Å². The third-order valence-corrected chi connectivity index (χ3v) is 2.64. The van der Waals surface area contributed by atoms with Gasteiger partial charge in [0.25, 0.3) is 0 Å². The van der Waals surface area contributed by atoms with Crippen molar-refractivity contribution in [3.8, 4) is 0 Å². The molecule has 0 fully saturated rings. The number of aromatic nitrogens is 2. The molecule has 84 valence electrons. The lowest BCUT2D eigenvalue weighted by Gasteiger charge is -2.07. The molecule has 1 aromatic carbocycles. The first-order valence-electron chi connectivity index (χ1n) is 5.24. The fourth-order valence-corrected chi connectivity index (χ4v) is 1.88. The summed E-state index contributed by atoms with van der Waals surface area (Å²) in [5.74, 6) is 0.705. The van der Waals surface area contributed by atoms with Crippen molar-refractivity contribution in [2.75, 3.05) is 0 Å². The summed E-state index contributed by atoms with van der Waals surface area (Å²) in [7, 11) is 0. The molecule has 1 aromatic heterocycles. The number of hydrogen-bond donors (Lipinski definition) is 1. The summed E-state index contributed by atoms with van der Waals surface area (Å²) in [6, 6.07) is 6.01. The highest BCUT2D eigenvalue weighted by molar-refractivity contribution is 6.34. The Morgan fingerprint density at radius 1 is 1.38 bits per heavy atom. The summed E-state index contributed by atoms with van der Waals surface area (Å²) >= 11 is 6.13. The van der Waals surface area contributed by atoms with Gasteiger partial charge in [-0.2, -0.15) is 0 Å². The number of hydrogen-bond acceptors (Lipinski definition) is 3. The van der Waals surface area contributed by atoms with Crippen LogP contribution in [0.5, 0.6) is 0 Å². The first-order valence-corrected chi connectivity index (χ1v) is 5.62. The van der Waals surface area contributed by atoms with Crippen molar-refractivity contribution in [3.05, 3.63) is 34.7 Å². The molecule has 0 radical (unpaired) electrons. The predicted molar refractivity (Wildman–Crippen MR) is 66.6 cm³/mol. The second-order valence-electron chi connectivity index (χ2n) is 4.13. The Hall–Kier alpha value is -1.19. The van der Waals surface area contributed by atoms with Gasteiger partial charge in [0.15, 0.2) is 0 Å².